The van der Waals surface area contributed by atoms with Crippen LogP contribution >= 0.6 is 0 Å². The Hall–Kier alpha value is -1.04. The average Bonchev–Trinajstić information content (AvgIpc) is 2.26. The van der Waals surface area contributed by atoms with Gasteiger partial charge in [-0.15, -0.1) is 0 Å². The number of rotatable bonds is 1. The van der Waals surface area contributed by atoms with E-state index >= 15 is 0 Å². The van der Waals surface area contributed by atoms with Crippen molar-refractivity contribution in [2.75, 3.05) is 0 Å². The topological polar surface area (TPSA) is 0 Å². The van der Waals surface area contributed by atoms with E-state index in [-0.39, 0.29) is 7.43 Å². The van der Waals surface area contributed by atoms with E-state index in [1.165, 1.54) is 36.8 Å². The summed E-state index contributed by atoms with van der Waals surface area (Å²) >= 11 is 0. The zero-order valence-corrected chi connectivity index (χ0v) is 11.0. The second kappa shape index (κ2) is 5.53. The third-order valence-electron chi connectivity index (χ3n) is 4.08. The van der Waals surface area contributed by atoms with Crippen LogP contribution in [0.15, 0.2) is 45.6 Å². The summed E-state index contributed by atoms with van der Waals surface area (Å²) in [6.45, 7) is 9.00. The van der Waals surface area contributed by atoms with E-state index < -0.39 is 0 Å². The van der Waals surface area contributed by atoms with Crippen molar-refractivity contribution in [2.45, 2.75) is 60.8 Å². The van der Waals surface area contributed by atoms with Crippen molar-refractivity contribution in [2.24, 2.45) is 0 Å². The fourth-order valence-corrected chi connectivity index (χ4v) is 2.46. The molecule has 0 saturated carbocycles. The molecule has 0 unspecified atom stereocenters. The molecule has 0 aliphatic heterocycles. The second-order valence-electron chi connectivity index (χ2n) is 5.27. The fraction of sp³-hybridized carbons (Fsp3) is 0.529. The molecule has 0 heterocycles. The summed E-state index contributed by atoms with van der Waals surface area (Å²) in [5.41, 5.74) is 9.23. The third-order valence-corrected chi connectivity index (χ3v) is 4.08. The van der Waals surface area contributed by atoms with Crippen LogP contribution in [-0.4, -0.2) is 0 Å². The zero-order valence-electron chi connectivity index (χ0n) is 11.0. The molecule has 0 atom stereocenters. The molecule has 0 N–H and O–H groups in total. The minimum atomic E-state index is 0. The second-order valence-corrected chi connectivity index (χ2v) is 5.27. The Labute approximate surface area is 107 Å². The van der Waals surface area contributed by atoms with Crippen molar-refractivity contribution in [3.8, 4) is 0 Å². The molecule has 0 aromatic carbocycles. The molecule has 2 aliphatic rings. The smallest absolute Gasteiger partial charge is 0.0239 e. The molecule has 0 aromatic heterocycles. The lowest BCUT2D eigenvalue weighted by atomic mass is 9.84. The molecule has 2 rings (SSSR count). The van der Waals surface area contributed by atoms with Crippen LogP contribution in [0.4, 0.5) is 0 Å². The summed E-state index contributed by atoms with van der Waals surface area (Å²) in [6, 6.07) is 0. The average molecular weight is 230 g/mol. The minimum absolute atomic E-state index is 0. The number of hydrogen-bond donors (Lipinski definition) is 0. The Morgan fingerprint density at radius 3 is 1.29 bits per heavy atom. The quantitative estimate of drug-likeness (QED) is 0.539. The van der Waals surface area contributed by atoms with Crippen molar-refractivity contribution < 1.29 is 0 Å². The number of allylic oxidation sites excluding steroid dienone is 8. The molecular formula is C17H26. The highest BCUT2D eigenvalue weighted by atomic mass is 14.2. The maximum absolute atomic E-state index is 2.40. The molecule has 94 valence electrons. The molecule has 0 saturated heterocycles. The molecule has 0 nitrogen and oxygen atoms in total. The van der Waals surface area contributed by atoms with Crippen molar-refractivity contribution in [1.29, 1.82) is 0 Å². The summed E-state index contributed by atoms with van der Waals surface area (Å²) in [4.78, 5) is 0. The zero-order chi connectivity index (χ0) is 11.7. The Morgan fingerprint density at radius 1 is 0.647 bits per heavy atom. The van der Waals surface area contributed by atoms with E-state index in [4.69, 9.17) is 0 Å². The van der Waals surface area contributed by atoms with Crippen LogP contribution in [0.1, 0.15) is 60.8 Å². The van der Waals surface area contributed by atoms with Crippen LogP contribution in [0.2, 0.25) is 0 Å². The van der Waals surface area contributed by atoms with Crippen LogP contribution in [0.5, 0.6) is 0 Å². The van der Waals surface area contributed by atoms with Gasteiger partial charge in [-0.05, 0) is 64.5 Å². The van der Waals surface area contributed by atoms with Gasteiger partial charge in [0.05, 0.1) is 0 Å². The van der Waals surface area contributed by atoms with E-state index in [1.54, 1.807) is 22.3 Å². The number of hydrogen-bond acceptors (Lipinski definition) is 0. The Bertz CT molecular complexity index is 383. The van der Waals surface area contributed by atoms with Gasteiger partial charge in [-0.25, -0.2) is 0 Å². The molecule has 0 spiro atoms. The molecule has 0 bridgehead atoms. The third kappa shape index (κ3) is 3.00. The van der Waals surface area contributed by atoms with Gasteiger partial charge in [0.15, 0.2) is 0 Å². The van der Waals surface area contributed by atoms with Gasteiger partial charge in [-0.2, -0.15) is 0 Å². The van der Waals surface area contributed by atoms with Crippen LogP contribution in [0, 0.1) is 0 Å². The predicted molar refractivity (Wildman–Crippen MR) is 78.1 cm³/mol. The summed E-state index contributed by atoms with van der Waals surface area (Å²) in [7, 11) is 0. The van der Waals surface area contributed by atoms with Gasteiger partial charge < -0.3 is 0 Å². The van der Waals surface area contributed by atoms with E-state index in [2.05, 4.69) is 39.8 Å². The Balaban J connectivity index is 0.00000144. The first-order valence-corrected chi connectivity index (χ1v) is 6.32. The van der Waals surface area contributed by atoms with Gasteiger partial charge in [-0.3, -0.25) is 0 Å². The molecule has 17 heavy (non-hydrogen) atoms. The first-order chi connectivity index (χ1) is 7.58. The van der Waals surface area contributed by atoms with Crippen molar-refractivity contribution >= 4 is 0 Å². The van der Waals surface area contributed by atoms with Crippen molar-refractivity contribution in [3.63, 3.8) is 0 Å². The van der Waals surface area contributed by atoms with E-state index in [0.717, 1.165) is 0 Å². The summed E-state index contributed by atoms with van der Waals surface area (Å²) in [5, 5.41) is 0. The van der Waals surface area contributed by atoms with Gasteiger partial charge in [0.2, 0.25) is 0 Å². The van der Waals surface area contributed by atoms with E-state index in [1.807, 2.05) is 0 Å². The normalized spacial score (nSPS) is 20.9. The van der Waals surface area contributed by atoms with Crippen molar-refractivity contribution in [1.82, 2.24) is 0 Å². The molecule has 0 radical (unpaired) electrons. The van der Waals surface area contributed by atoms with Crippen molar-refractivity contribution in [3.05, 3.63) is 45.6 Å². The first-order valence-electron chi connectivity index (χ1n) is 6.32. The van der Waals surface area contributed by atoms with Crippen LogP contribution in [0.25, 0.3) is 0 Å². The molecule has 0 heteroatoms. The van der Waals surface area contributed by atoms with E-state index in [9.17, 15) is 0 Å². The van der Waals surface area contributed by atoms with Gasteiger partial charge in [0.1, 0.15) is 0 Å². The lowest BCUT2D eigenvalue weighted by Crippen LogP contribution is -2.02. The van der Waals surface area contributed by atoms with Crippen LogP contribution < -0.4 is 0 Å². The highest BCUT2D eigenvalue weighted by Gasteiger charge is 2.14. The van der Waals surface area contributed by atoms with Gasteiger partial charge >= 0.3 is 0 Å². The van der Waals surface area contributed by atoms with Crippen LogP contribution in [0.3, 0.4) is 0 Å². The summed E-state index contributed by atoms with van der Waals surface area (Å²) in [6.07, 6.45) is 9.77. The largest absolute Gasteiger partial charge is 0.0776 e. The first kappa shape index (κ1) is 14.0. The highest BCUT2D eigenvalue weighted by Crippen LogP contribution is 2.34. The molecule has 0 fully saturated rings. The van der Waals surface area contributed by atoms with Gasteiger partial charge in [0.25, 0.3) is 0 Å². The summed E-state index contributed by atoms with van der Waals surface area (Å²) in [5.74, 6) is 0. The maximum atomic E-state index is 2.40. The van der Waals surface area contributed by atoms with Gasteiger partial charge in [0, 0.05) is 0 Å². The van der Waals surface area contributed by atoms with Crippen LogP contribution in [-0.2, 0) is 0 Å². The summed E-state index contributed by atoms with van der Waals surface area (Å²) < 4.78 is 0. The van der Waals surface area contributed by atoms with E-state index in [0.29, 0.717) is 0 Å². The minimum Gasteiger partial charge on any atom is -0.0776 e. The van der Waals surface area contributed by atoms with Gasteiger partial charge in [-0.1, -0.05) is 41.9 Å². The molecular weight excluding hydrogens is 204 g/mol. The SMILES string of the molecule is C.CC1=C(C)CCC(C2=CC(C)=C(C)CC2)=C1. The highest BCUT2D eigenvalue weighted by molar-refractivity contribution is 5.46. The monoisotopic (exact) mass is 230 g/mol. The predicted octanol–water partition coefficient (Wildman–Crippen LogP) is 5.74. The maximum Gasteiger partial charge on any atom is -0.0239 e. The molecule has 0 amide bonds. The molecule has 2 aliphatic carbocycles. The Morgan fingerprint density at radius 2 is 1.00 bits per heavy atom. The fourth-order valence-electron chi connectivity index (χ4n) is 2.46. The molecule has 0 aromatic rings. The lowest BCUT2D eigenvalue weighted by Gasteiger charge is -2.22. The lowest BCUT2D eigenvalue weighted by molar-refractivity contribution is 0.834. The Kier molecular flexibility index (Phi) is 4.56. The standard InChI is InChI=1S/C16H22.CH4/c1-11-5-7-15(9-13(11)3)16-8-6-12(2)14(4)10-16;/h9-10H,5-8H2,1-4H3;1H4.